The summed E-state index contributed by atoms with van der Waals surface area (Å²) in [4.78, 5) is 10.6. The second kappa shape index (κ2) is 5.32. The minimum absolute atomic E-state index is 0.787. The number of carboxylic acid groups (broad SMARTS) is 1. The number of hydrogen-bond acceptors (Lipinski definition) is 2. The van der Waals surface area contributed by atoms with Gasteiger partial charge in [-0.3, -0.25) is 4.79 Å². The monoisotopic (exact) mass is 206 g/mol. The molecule has 0 fully saturated rings. The lowest BCUT2D eigenvalue weighted by Crippen LogP contribution is -2.23. The number of carbonyl (C=O) groups is 1. The minimum Gasteiger partial charge on any atom is -0.481 e. The van der Waals surface area contributed by atoms with Crippen molar-refractivity contribution in [2.75, 3.05) is 0 Å². The zero-order valence-electron chi connectivity index (χ0n) is 8.50. The molecule has 0 radical (unpaired) electrons. The Bertz CT molecular complexity index is 343. The van der Waals surface area contributed by atoms with Crippen molar-refractivity contribution < 1.29 is 15.0 Å². The van der Waals surface area contributed by atoms with Crippen molar-refractivity contribution in [3.05, 3.63) is 42.0 Å². The molecule has 0 amide bonds. The first-order chi connectivity index (χ1) is 7.11. The fourth-order valence-corrected chi connectivity index (χ4v) is 1.09. The Hall–Kier alpha value is -1.61. The fraction of sp³-hybridized carbons (Fsp3) is 0.250. The molecule has 80 valence electrons. The van der Waals surface area contributed by atoms with Crippen LogP contribution in [0.25, 0.3) is 6.08 Å². The third-order valence-corrected chi connectivity index (χ3v) is 2.19. The molecule has 0 unspecified atom stereocenters. The van der Waals surface area contributed by atoms with E-state index in [-0.39, 0.29) is 0 Å². The smallest absolute Gasteiger partial charge is 0.309 e. The summed E-state index contributed by atoms with van der Waals surface area (Å²) in [6.45, 7) is 1.47. The third kappa shape index (κ3) is 3.56. The SMILES string of the molecule is C[C@@H](C(=O)O)[C@@H](O)/C=C/c1ccccc1. The molecule has 0 aliphatic rings. The number of benzene rings is 1. The molecule has 15 heavy (non-hydrogen) atoms. The topological polar surface area (TPSA) is 57.5 Å². The van der Waals surface area contributed by atoms with Crippen molar-refractivity contribution in [2.24, 2.45) is 5.92 Å². The molecular formula is C12H14O3. The maximum atomic E-state index is 10.6. The number of hydrogen-bond donors (Lipinski definition) is 2. The Morgan fingerprint density at radius 1 is 1.33 bits per heavy atom. The van der Waals surface area contributed by atoms with E-state index in [1.807, 2.05) is 30.3 Å². The maximum Gasteiger partial charge on any atom is 0.309 e. The molecular weight excluding hydrogens is 192 g/mol. The van der Waals surface area contributed by atoms with Crippen LogP contribution in [-0.2, 0) is 4.79 Å². The third-order valence-electron chi connectivity index (χ3n) is 2.19. The number of carboxylic acids is 1. The molecule has 2 N–H and O–H groups in total. The van der Waals surface area contributed by atoms with E-state index in [9.17, 15) is 9.90 Å². The van der Waals surface area contributed by atoms with Gasteiger partial charge in [0.2, 0.25) is 0 Å². The van der Waals surface area contributed by atoms with Gasteiger partial charge in [-0.1, -0.05) is 42.5 Å². The van der Waals surface area contributed by atoms with E-state index in [4.69, 9.17) is 5.11 Å². The summed E-state index contributed by atoms with van der Waals surface area (Å²) in [6.07, 6.45) is 2.25. The minimum atomic E-state index is -1.000. The number of aliphatic hydroxyl groups excluding tert-OH is 1. The first-order valence-corrected chi connectivity index (χ1v) is 4.75. The average Bonchev–Trinajstić information content (AvgIpc) is 2.26. The van der Waals surface area contributed by atoms with Crippen LogP contribution in [0.15, 0.2) is 36.4 Å². The molecule has 0 heterocycles. The van der Waals surface area contributed by atoms with E-state index in [1.165, 1.54) is 13.0 Å². The lowest BCUT2D eigenvalue weighted by atomic mass is 10.0. The van der Waals surface area contributed by atoms with Crippen LogP contribution in [0.2, 0.25) is 0 Å². The molecule has 0 saturated carbocycles. The zero-order chi connectivity index (χ0) is 11.3. The molecule has 1 rings (SSSR count). The maximum absolute atomic E-state index is 10.6. The van der Waals surface area contributed by atoms with Gasteiger partial charge in [0.1, 0.15) is 0 Å². The second-order valence-electron chi connectivity index (χ2n) is 3.39. The Balaban J connectivity index is 2.62. The van der Waals surface area contributed by atoms with Gasteiger partial charge in [0.25, 0.3) is 0 Å². The molecule has 0 aliphatic carbocycles. The van der Waals surface area contributed by atoms with Crippen LogP contribution in [0.4, 0.5) is 0 Å². The van der Waals surface area contributed by atoms with Gasteiger partial charge < -0.3 is 10.2 Å². The van der Waals surface area contributed by atoms with Crippen LogP contribution >= 0.6 is 0 Å². The highest BCUT2D eigenvalue weighted by Crippen LogP contribution is 2.08. The number of aliphatic carboxylic acids is 1. The predicted octanol–water partition coefficient (Wildman–Crippen LogP) is 1.78. The largest absolute Gasteiger partial charge is 0.481 e. The summed E-state index contributed by atoms with van der Waals surface area (Å²) < 4.78 is 0. The molecule has 0 spiro atoms. The molecule has 0 saturated heterocycles. The van der Waals surface area contributed by atoms with Crippen molar-refractivity contribution >= 4 is 12.0 Å². The van der Waals surface area contributed by atoms with Crippen LogP contribution in [0.1, 0.15) is 12.5 Å². The van der Waals surface area contributed by atoms with Crippen molar-refractivity contribution in [1.29, 1.82) is 0 Å². The Kier molecular flexibility index (Phi) is 4.06. The van der Waals surface area contributed by atoms with Gasteiger partial charge in [-0.15, -0.1) is 0 Å². The lowest BCUT2D eigenvalue weighted by molar-refractivity contribution is -0.143. The Labute approximate surface area is 88.7 Å². The van der Waals surface area contributed by atoms with Gasteiger partial charge in [0, 0.05) is 0 Å². The zero-order valence-corrected chi connectivity index (χ0v) is 8.50. The van der Waals surface area contributed by atoms with E-state index in [1.54, 1.807) is 6.08 Å². The molecule has 2 atom stereocenters. The number of rotatable bonds is 4. The summed E-state index contributed by atoms with van der Waals surface area (Å²) >= 11 is 0. The van der Waals surface area contributed by atoms with E-state index >= 15 is 0 Å². The number of aliphatic hydroxyl groups is 1. The van der Waals surface area contributed by atoms with Crippen molar-refractivity contribution in [1.82, 2.24) is 0 Å². The van der Waals surface area contributed by atoms with Crippen LogP contribution in [0.3, 0.4) is 0 Å². The summed E-state index contributed by atoms with van der Waals surface area (Å²) in [5.74, 6) is -1.79. The molecule has 0 aromatic heterocycles. The van der Waals surface area contributed by atoms with Crippen LogP contribution in [0, 0.1) is 5.92 Å². The molecule has 3 heteroatoms. The fourth-order valence-electron chi connectivity index (χ4n) is 1.09. The quantitative estimate of drug-likeness (QED) is 0.789. The molecule has 0 bridgehead atoms. The van der Waals surface area contributed by atoms with Crippen LogP contribution in [-0.4, -0.2) is 22.3 Å². The molecule has 1 aromatic carbocycles. The van der Waals surface area contributed by atoms with E-state index in [2.05, 4.69) is 0 Å². The van der Waals surface area contributed by atoms with Crippen LogP contribution in [0.5, 0.6) is 0 Å². The van der Waals surface area contributed by atoms with Gasteiger partial charge in [0.05, 0.1) is 12.0 Å². The standard InChI is InChI=1S/C12H14O3/c1-9(12(14)15)11(13)8-7-10-5-3-2-4-6-10/h2-9,11,13H,1H3,(H,14,15)/b8-7+/t9-,11+/m1/s1. The molecule has 3 nitrogen and oxygen atoms in total. The van der Waals surface area contributed by atoms with Crippen molar-refractivity contribution in [3.8, 4) is 0 Å². The van der Waals surface area contributed by atoms with E-state index < -0.39 is 18.0 Å². The first-order valence-electron chi connectivity index (χ1n) is 4.75. The molecule has 0 aliphatic heterocycles. The van der Waals surface area contributed by atoms with Gasteiger partial charge in [-0.25, -0.2) is 0 Å². The Morgan fingerprint density at radius 2 is 1.93 bits per heavy atom. The van der Waals surface area contributed by atoms with Crippen molar-refractivity contribution in [2.45, 2.75) is 13.0 Å². The van der Waals surface area contributed by atoms with Crippen molar-refractivity contribution in [3.63, 3.8) is 0 Å². The van der Waals surface area contributed by atoms with Gasteiger partial charge in [-0.05, 0) is 12.5 Å². The summed E-state index contributed by atoms with van der Waals surface area (Å²) in [5, 5.41) is 18.1. The summed E-state index contributed by atoms with van der Waals surface area (Å²) in [7, 11) is 0. The van der Waals surface area contributed by atoms with E-state index in [0.29, 0.717) is 0 Å². The van der Waals surface area contributed by atoms with Gasteiger partial charge >= 0.3 is 5.97 Å². The average molecular weight is 206 g/mol. The predicted molar refractivity (Wildman–Crippen MR) is 58.3 cm³/mol. The van der Waals surface area contributed by atoms with Gasteiger partial charge in [-0.2, -0.15) is 0 Å². The van der Waals surface area contributed by atoms with Crippen LogP contribution < -0.4 is 0 Å². The van der Waals surface area contributed by atoms with Gasteiger partial charge in [0.15, 0.2) is 0 Å². The second-order valence-corrected chi connectivity index (χ2v) is 3.39. The first kappa shape index (κ1) is 11.5. The lowest BCUT2D eigenvalue weighted by Gasteiger charge is -2.09. The highest BCUT2D eigenvalue weighted by molar-refractivity contribution is 5.71. The van der Waals surface area contributed by atoms with E-state index in [0.717, 1.165) is 5.56 Å². The highest BCUT2D eigenvalue weighted by atomic mass is 16.4. The highest BCUT2D eigenvalue weighted by Gasteiger charge is 2.18. The summed E-state index contributed by atoms with van der Waals surface area (Å²) in [6, 6.07) is 9.43. The molecule has 1 aromatic rings. The normalized spacial score (nSPS) is 15.1. The summed E-state index contributed by atoms with van der Waals surface area (Å²) in [5.41, 5.74) is 0.939. The Morgan fingerprint density at radius 3 is 2.47 bits per heavy atom.